The molecule has 0 radical (unpaired) electrons. The standard InChI is InChI=1S/C20H18FN5O2S/c1-25-15-5-3-2-4-13(15)17(14(10-22)19(25)28)26-8-6-12(7-9-26)24-18(27)16-11-23-20(21)29-16/h2-5,11-12H,6-9H2,1H3,(H,24,27). The quantitative estimate of drug-likeness (QED) is 0.715. The second kappa shape index (κ2) is 7.64. The Balaban J connectivity index is 1.57. The van der Waals surface area contributed by atoms with Gasteiger partial charge in [0.25, 0.3) is 16.7 Å². The fraction of sp³-hybridized carbons (Fsp3) is 0.300. The summed E-state index contributed by atoms with van der Waals surface area (Å²) in [7, 11) is 1.67. The van der Waals surface area contributed by atoms with Crippen LogP contribution in [0.4, 0.5) is 10.1 Å². The van der Waals surface area contributed by atoms with Crippen molar-refractivity contribution in [1.29, 1.82) is 5.26 Å². The largest absolute Gasteiger partial charge is 0.370 e. The van der Waals surface area contributed by atoms with E-state index < -0.39 is 5.26 Å². The van der Waals surface area contributed by atoms with Crippen LogP contribution in [0.5, 0.6) is 0 Å². The number of carbonyl (C=O) groups is 1. The highest BCUT2D eigenvalue weighted by atomic mass is 32.1. The van der Waals surface area contributed by atoms with Crippen molar-refractivity contribution >= 4 is 33.8 Å². The summed E-state index contributed by atoms with van der Waals surface area (Å²) in [4.78, 5) is 30.6. The number of benzene rings is 1. The molecule has 0 atom stereocenters. The van der Waals surface area contributed by atoms with Crippen molar-refractivity contribution in [3.05, 3.63) is 56.5 Å². The van der Waals surface area contributed by atoms with Gasteiger partial charge < -0.3 is 14.8 Å². The summed E-state index contributed by atoms with van der Waals surface area (Å²) in [6.45, 7) is 1.18. The zero-order valence-electron chi connectivity index (χ0n) is 15.7. The molecular formula is C20H18FN5O2S. The van der Waals surface area contributed by atoms with Gasteiger partial charge in [0.05, 0.1) is 17.4 Å². The molecule has 3 heterocycles. The number of aryl methyl sites for hydroxylation is 1. The summed E-state index contributed by atoms with van der Waals surface area (Å²) in [5.74, 6) is -0.332. The van der Waals surface area contributed by atoms with Crippen LogP contribution in [0.1, 0.15) is 28.1 Å². The normalized spacial score (nSPS) is 14.7. The molecule has 1 aliphatic heterocycles. The molecule has 9 heteroatoms. The predicted molar refractivity (Wildman–Crippen MR) is 109 cm³/mol. The number of pyridine rings is 1. The third-order valence-corrected chi connectivity index (χ3v) is 6.02. The third-order valence-electron chi connectivity index (χ3n) is 5.24. The van der Waals surface area contributed by atoms with Crippen LogP contribution in [0.25, 0.3) is 10.9 Å². The van der Waals surface area contributed by atoms with Crippen molar-refractivity contribution in [2.75, 3.05) is 18.0 Å². The van der Waals surface area contributed by atoms with Crippen LogP contribution in [0.15, 0.2) is 35.3 Å². The first-order valence-electron chi connectivity index (χ1n) is 9.18. The number of amides is 1. The minimum atomic E-state index is -0.633. The van der Waals surface area contributed by atoms with Gasteiger partial charge in [0.15, 0.2) is 0 Å². The number of hydrogen-bond donors (Lipinski definition) is 1. The Morgan fingerprint density at radius 2 is 2.07 bits per heavy atom. The summed E-state index contributed by atoms with van der Waals surface area (Å²) in [6.07, 6.45) is 2.54. The van der Waals surface area contributed by atoms with Crippen molar-refractivity contribution in [3.63, 3.8) is 0 Å². The van der Waals surface area contributed by atoms with Gasteiger partial charge >= 0.3 is 0 Å². The number of thiazole rings is 1. The Kier molecular flexibility index (Phi) is 5.03. The lowest BCUT2D eigenvalue weighted by molar-refractivity contribution is 0.0935. The fourth-order valence-electron chi connectivity index (χ4n) is 3.77. The van der Waals surface area contributed by atoms with E-state index in [1.54, 1.807) is 7.05 Å². The van der Waals surface area contributed by atoms with Gasteiger partial charge in [0, 0.05) is 31.6 Å². The highest BCUT2D eigenvalue weighted by Gasteiger charge is 2.26. The Morgan fingerprint density at radius 3 is 2.72 bits per heavy atom. The summed E-state index contributed by atoms with van der Waals surface area (Å²) in [5.41, 5.74) is 1.24. The van der Waals surface area contributed by atoms with Crippen molar-refractivity contribution in [2.24, 2.45) is 7.05 Å². The van der Waals surface area contributed by atoms with Gasteiger partial charge in [-0.25, -0.2) is 4.98 Å². The Morgan fingerprint density at radius 1 is 1.34 bits per heavy atom. The van der Waals surface area contributed by atoms with E-state index in [0.717, 1.165) is 22.2 Å². The molecule has 29 heavy (non-hydrogen) atoms. The maximum Gasteiger partial charge on any atom is 0.270 e. The molecule has 0 aliphatic carbocycles. The molecule has 2 aromatic heterocycles. The van der Waals surface area contributed by atoms with E-state index in [-0.39, 0.29) is 27.9 Å². The van der Waals surface area contributed by atoms with Crippen LogP contribution >= 0.6 is 11.3 Å². The summed E-state index contributed by atoms with van der Waals surface area (Å²) in [5, 5.41) is 12.8. The molecule has 148 valence electrons. The summed E-state index contributed by atoms with van der Waals surface area (Å²) >= 11 is 0.718. The second-order valence-electron chi connectivity index (χ2n) is 6.93. The first kappa shape index (κ1) is 19.1. The number of nitriles is 1. The number of piperidine rings is 1. The van der Waals surface area contributed by atoms with E-state index in [1.807, 2.05) is 29.2 Å². The van der Waals surface area contributed by atoms with Crippen molar-refractivity contribution in [1.82, 2.24) is 14.9 Å². The van der Waals surface area contributed by atoms with Crippen LogP contribution in [0.3, 0.4) is 0 Å². The topological polar surface area (TPSA) is 91.0 Å². The van der Waals surface area contributed by atoms with E-state index >= 15 is 0 Å². The van der Waals surface area contributed by atoms with E-state index in [4.69, 9.17) is 0 Å². The maximum absolute atomic E-state index is 13.0. The molecule has 1 amide bonds. The fourth-order valence-corrected chi connectivity index (χ4v) is 4.31. The Labute approximate surface area is 170 Å². The molecule has 1 fully saturated rings. The molecule has 0 spiro atoms. The zero-order valence-corrected chi connectivity index (χ0v) is 16.5. The molecule has 7 nitrogen and oxygen atoms in total. The highest BCUT2D eigenvalue weighted by Crippen LogP contribution is 2.30. The zero-order chi connectivity index (χ0) is 20.5. The molecule has 0 saturated carbocycles. The van der Waals surface area contributed by atoms with E-state index in [0.29, 0.717) is 31.6 Å². The van der Waals surface area contributed by atoms with E-state index in [1.165, 1.54) is 10.8 Å². The van der Waals surface area contributed by atoms with E-state index in [2.05, 4.69) is 16.4 Å². The number of fused-ring (bicyclic) bond motifs is 1. The lowest BCUT2D eigenvalue weighted by Crippen LogP contribution is -2.45. The van der Waals surface area contributed by atoms with Crippen LogP contribution < -0.4 is 15.8 Å². The molecule has 0 unspecified atom stereocenters. The minimum absolute atomic E-state index is 0.0627. The van der Waals surface area contributed by atoms with Gasteiger partial charge in [-0.05, 0) is 18.9 Å². The first-order valence-corrected chi connectivity index (χ1v) is 10.00. The highest BCUT2D eigenvalue weighted by molar-refractivity contribution is 7.12. The smallest absolute Gasteiger partial charge is 0.270 e. The summed E-state index contributed by atoms with van der Waals surface area (Å²) < 4.78 is 14.5. The SMILES string of the molecule is Cn1c(=O)c(C#N)c(N2CCC(NC(=O)c3cnc(F)s3)CC2)c2ccccc21. The van der Waals surface area contributed by atoms with Crippen LogP contribution in [-0.4, -0.2) is 34.6 Å². The average Bonchev–Trinajstić information content (AvgIpc) is 3.18. The first-order chi connectivity index (χ1) is 14.0. The van der Waals surface area contributed by atoms with Gasteiger partial charge in [-0.15, -0.1) is 0 Å². The van der Waals surface area contributed by atoms with Crippen LogP contribution in [0.2, 0.25) is 0 Å². The molecule has 1 aromatic carbocycles. The average molecular weight is 411 g/mol. The Bertz CT molecular complexity index is 1190. The number of rotatable bonds is 3. The second-order valence-corrected chi connectivity index (χ2v) is 7.91. The summed E-state index contributed by atoms with van der Waals surface area (Å²) in [6, 6.07) is 9.54. The minimum Gasteiger partial charge on any atom is -0.370 e. The van der Waals surface area contributed by atoms with Crippen molar-refractivity contribution < 1.29 is 9.18 Å². The molecule has 4 rings (SSSR count). The van der Waals surface area contributed by atoms with Gasteiger partial charge in [-0.3, -0.25) is 9.59 Å². The number of anilines is 1. The van der Waals surface area contributed by atoms with Gasteiger partial charge in [0.1, 0.15) is 16.5 Å². The maximum atomic E-state index is 13.0. The molecule has 1 aliphatic rings. The molecule has 3 aromatic rings. The van der Waals surface area contributed by atoms with Crippen LogP contribution in [-0.2, 0) is 7.05 Å². The van der Waals surface area contributed by atoms with Gasteiger partial charge in [0.2, 0.25) is 0 Å². The van der Waals surface area contributed by atoms with Gasteiger partial charge in [-0.2, -0.15) is 9.65 Å². The monoisotopic (exact) mass is 411 g/mol. The molecule has 1 N–H and O–H groups in total. The third kappa shape index (κ3) is 3.47. The molecule has 1 saturated heterocycles. The number of aromatic nitrogens is 2. The molecule has 0 bridgehead atoms. The van der Waals surface area contributed by atoms with Gasteiger partial charge in [-0.1, -0.05) is 29.5 Å². The molecular weight excluding hydrogens is 393 g/mol. The number of carbonyl (C=O) groups excluding carboxylic acids is 1. The Hall–Kier alpha value is -3.25. The number of para-hydroxylation sites is 1. The van der Waals surface area contributed by atoms with E-state index in [9.17, 15) is 19.2 Å². The number of nitrogens with zero attached hydrogens (tertiary/aromatic N) is 4. The number of nitrogens with one attached hydrogen (secondary N) is 1. The van der Waals surface area contributed by atoms with Crippen LogP contribution in [0, 0.1) is 16.6 Å². The van der Waals surface area contributed by atoms with Crippen molar-refractivity contribution in [2.45, 2.75) is 18.9 Å². The number of hydrogen-bond acceptors (Lipinski definition) is 6. The lowest BCUT2D eigenvalue weighted by atomic mass is 10.0. The lowest BCUT2D eigenvalue weighted by Gasteiger charge is -2.35. The number of halogens is 1. The predicted octanol–water partition coefficient (Wildman–Crippen LogP) is 2.40. The van der Waals surface area contributed by atoms with Crippen molar-refractivity contribution in [3.8, 4) is 6.07 Å².